The maximum Gasteiger partial charge on any atom is 0.335 e. The number of aliphatic carboxylic acids is 1. The van der Waals surface area contributed by atoms with Crippen LogP contribution in [0.3, 0.4) is 0 Å². The van der Waals surface area contributed by atoms with E-state index in [0.717, 1.165) is 38.0 Å². The first-order valence-electron chi connectivity index (χ1n) is 18.4. The number of benzene rings is 1. The lowest BCUT2D eigenvalue weighted by Gasteiger charge is -2.75. The molecule has 6 saturated carbocycles. The minimum atomic E-state index is -0.845. The average molecular weight is 623 g/mol. The number of hydrogen-bond donors (Lipinski definition) is 2. The van der Waals surface area contributed by atoms with E-state index in [9.17, 15) is 19.8 Å². The number of rotatable bonds is 3. The zero-order valence-electron chi connectivity index (χ0n) is 29.2. The van der Waals surface area contributed by atoms with Crippen LogP contribution in [0.4, 0.5) is 0 Å². The van der Waals surface area contributed by atoms with Crippen LogP contribution in [-0.4, -0.2) is 22.2 Å². The average Bonchev–Trinajstić information content (AvgIpc) is 3.43. The molecule has 6 aliphatic rings. The van der Waals surface area contributed by atoms with E-state index < -0.39 is 17.4 Å². The molecule has 1 aromatic rings. The van der Waals surface area contributed by atoms with Crippen LogP contribution in [0.2, 0.25) is 0 Å². The fourth-order valence-electron chi connectivity index (χ4n) is 13.7. The third-order valence-corrected chi connectivity index (χ3v) is 15.1. The standard InChI is InChI=1S/C35H48O4.C3H8.C2H6.CH4/c1-31(2)27-15-17-32(3)25-14-18-34(30(38)39)16-5-6-26(34)24(25)11-12-28(32)33(27,4)20-23-13-19-35(23,31)22-9-7-21(8-10-22)29(36)37;1-3-2;1-2;/h7-10,23-28H,5-6,11-20H2,1-4H3,(H,36,37)(H,38,39);3H2,1-2H3;1-2H3;1H4/t23?,24-,25?,26+,27?,28?,32-,33-,34-,35+;;;/m0.../s1. The molecule has 6 fully saturated rings. The molecule has 1 aromatic carbocycles. The summed E-state index contributed by atoms with van der Waals surface area (Å²) in [7, 11) is 0. The van der Waals surface area contributed by atoms with Gasteiger partial charge in [0.15, 0.2) is 0 Å². The van der Waals surface area contributed by atoms with E-state index in [1.807, 2.05) is 26.0 Å². The van der Waals surface area contributed by atoms with Crippen LogP contribution in [0.1, 0.15) is 162 Å². The van der Waals surface area contributed by atoms with Crippen LogP contribution in [-0.2, 0) is 10.2 Å². The van der Waals surface area contributed by atoms with Gasteiger partial charge in [0, 0.05) is 5.41 Å². The highest BCUT2D eigenvalue weighted by atomic mass is 16.4. The summed E-state index contributed by atoms with van der Waals surface area (Å²) in [6.45, 7) is 18.7. The van der Waals surface area contributed by atoms with Crippen molar-refractivity contribution in [3.8, 4) is 0 Å². The molecular weight excluding hydrogens is 556 g/mol. The largest absolute Gasteiger partial charge is 0.481 e. The Morgan fingerprint density at radius 2 is 1.40 bits per heavy atom. The van der Waals surface area contributed by atoms with E-state index in [2.05, 4.69) is 53.7 Å². The molecule has 0 bridgehead atoms. The maximum absolute atomic E-state index is 12.5. The number of carboxylic acids is 2. The van der Waals surface area contributed by atoms with Crippen molar-refractivity contribution < 1.29 is 19.8 Å². The van der Waals surface area contributed by atoms with E-state index >= 15 is 0 Å². The van der Waals surface area contributed by atoms with Gasteiger partial charge in [-0.25, -0.2) is 4.79 Å². The van der Waals surface area contributed by atoms with E-state index in [4.69, 9.17) is 0 Å². The number of aromatic carboxylic acids is 1. The van der Waals surface area contributed by atoms with Crippen molar-refractivity contribution in [3.05, 3.63) is 35.4 Å². The third kappa shape index (κ3) is 4.87. The number of hydrogen-bond acceptors (Lipinski definition) is 2. The summed E-state index contributed by atoms with van der Waals surface area (Å²) in [4.78, 5) is 24.1. The molecule has 10 atom stereocenters. The summed E-state index contributed by atoms with van der Waals surface area (Å²) in [5, 5.41) is 19.8. The first-order chi connectivity index (χ1) is 20.8. The van der Waals surface area contributed by atoms with Gasteiger partial charge in [-0.05, 0) is 140 Å². The van der Waals surface area contributed by atoms with Gasteiger partial charge >= 0.3 is 11.9 Å². The summed E-state index contributed by atoms with van der Waals surface area (Å²) in [6.07, 6.45) is 15.3. The Kier molecular flexibility index (Phi) is 10.1. The van der Waals surface area contributed by atoms with Crippen molar-refractivity contribution in [2.75, 3.05) is 0 Å². The van der Waals surface area contributed by atoms with Crippen molar-refractivity contribution >= 4 is 11.9 Å². The molecule has 0 spiro atoms. The third-order valence-electron chi connectivity index (χ3n) is 15.1. The lowest BCUT2D eigenvalue weighted by atomic mass is 9.29. The Labute approximate surface area is 275 Å². The lowest BCUT2D eigenvalue weighted by molar-refractivity contribution is -0.241. The summed E-state index contributed by atoms with van der Waals surface area (Å²) in [6, 6.07) is 7.93. The van der Waals surface area contributed by atoms with Gasteiger partial charge in [-0.2, -0.15) is 0 Å². The number of carboxylic acid groups (broad SMARTS) is 2. The minimum Gasteiger partial charge on any atom is -0.481 e. The van der Waals surface area contributed by atoms with Gasteiger partial charge in [0.2, 0.25) is 0 Å². The Hall–Kier alpha value is -1.84. The molecule has 0 amide bonds. The highest BCUT2D eigenvalue weighted by Crippen LogP contribution is 2.78. The van der Waals surface area contributed by atoms with Crippen molar-refractivity contribution in [1.29, 1.82) is 0 Å². The van der Waals surface area contributed by atoms with Crippen LogP contribution in [0, 0.1) is 57.2 Å². The molecule has 254 valence electrons. The second kappa shape index (κ2) is 12.6. The number of fused-ring (bicyclic) bond motifs is 8. The lowest BCUT2D eigenvalue weighted by Crippen LogP contribution is -2.70. The number of carbonyl (C=O) groups is 2. The fraction of sp³-hybridized carbons (Fsp3) is 0.805. The predicted octanol–water partition coefficient (Wildman–Crippen LogP) is 11.3. The highest BCUT2D eigenvalue weighted by molar-refractivity contribution is 5.87. The quantitative estimate of drug-likeness (QED) is 0.352. The van der Waals surface area contributed by atoms with Gasteiger partial charge in [-0.3, -0.25) is 4.79 Å². The molecule has 2 N–H and O–H groups in total. The summed E-state index contributed by atoms with van der Waals surface area (Å²) in [5.41, 5.74) is 2.26. The van der Waals surface area contributed by atoms with Crippen LogP contribution in [0.15, 0.2) is 24.3 Å². The Bertz CT molecular complexity index is 1220. The second-order valence-corrected chi connectivity index (χ2v) is 16.7. The van der Waals surface area contributed by atoms with Crippen LogP contribution < -0.4 is 0 Å². The van der Waals surface area contributed by atoms with Crippen LogP contribution in [0.25, 0.3) is 0 Å². The van der Waals surface area contributed by atoms with E-state index in [1.165, 1.54) is 56.9 Å². The van der Waals surface area contributed by atoms with E-state index in [0.29, 0.717) is 46.0 Å². The molecule has 0 saturated heterocycles. The molecule has 4 unspecified atom stereocenters. The SMILES string of the molecule is C.CC.CC1(C)C2CC[C@@]3(C)C4CC[C@@]5(C(=O)O)CCC[C@@H]5[C@H]4CCC3[C@@]2(C)CC2CC[C@@]21c1ccc(C(=O)O)cc1.CCC. The topological polar surface area (TPSA) is 74.6 Å². The maximum atomic E-state index is 12.5. The normalized spacial score (nSPS) is 43.3. The smallest absolute Gasteiger partial charge is 0.335 e. The predicted molar refractivity (Wildman–Crippen MR) is 186 cm³/mol. The zero-order chi connectivity index (χ0) is 32.3. The van der Waals surface area contributed by atoms with Gasteiger partial charge in [0.05, 0.1) is 11.0 Å². The summed E-state index contributed by atoms with van der Waals surface area (Å²) >= 11 is 0. The highest BCUT2D eigenvalue weighted by Gasteiger charge is 2.72. The van der Waals surface area contributed by atoms with Gasteiger partial charge in [-0.15, -0.1) is 0 Å². The monoisotopic (exact) mass is 622 g/mol. The molecule has 6 aliphatic carbocycles. The molecule has 4 heteroatoms. The molecule has 0 heterocycles. The molecule has 0 aromatic heterocycles. The summed E-state index contributed by atoms with van der Waals surface area (Å²) in [5.74, 6) is 2.37. The second-order valence-electron chi connectivity index (χ2n) is 16.7. The van der Waals surface area contributed by atoms with Crippen molar-refractivity contribution in [1.82, 2.24) is 0 Å². The molecular formula is C41H66O4. The van der Waals surface area contributed by atoms with E-state index in [-0.39, 0.29) is 18.3 Å². The zero-order valence-corrected chi connectivity index (χ0v) is 29.2. The molecule has 7 rings (SSSR count). The van der Waals surface area contributed by atoms with Crippen molar-refractivity contribution in [2.45, 2.75) is 152 Å². The van der Waals surface area contributed by atoms with Crippen molar-refractivity contribution in [2.24, 2.45) is 57.2 Å². The van der Waals surface area contributed by atoms with Crippen LogP contribution >= 0.6 is 0 Å². The van der Waals surface area contributed by atoms with Gasteiger partial charge < -0.3 is 10.2 Å². The molecule has 0 aliphatic heterocycles. The minimum absolute atomic E-state index is 0. The van der Waals surface area contributed by atoms with Gasteiger partial charge in [-0.1, -0.05) is 87.8 Å². The molecule has 45 heavy (non-hydrogen) atoms. The fourth-order valence-corrected chi connectivity index (χ4v) is 13.7. The first-order valence-corrected chi connectivity index (χ1v) is 18.4. The van der Waals surface area contributed by atoms with Crippen molar-refractivity contribution in [3.63, 3.8) is 0 Å². The van der Waals surface area contributed by atoms with E-state index in [1.54, 1.807) is 0 Å². The first kappa shape index (κ1) is 36.0. The van der Waals surface area contributed by atoms with Gasteiger partial charge in [0.1, 0.15) is 0 Å². The Morgan fingerprint density at radius 3 is 1.96 bits per heavy atom. The Balaban J connectivity index is 0.000000727. The Morgan fingerprint density at radius 1 is 0.756 bits per heavy atom. The van der Waals surface area contributed by atoms with Crippen LogP contribution in [0.5, 0.6) is 0 Å². The van der Waals surface area contributed by atoms with Gasteiger partial charge in [0.25, 0.3) is 0 Å². The molecule has 4 nitrogen and oxygen atoms in total. The molecule has 0 radical (unpaired) electrons. The summed E-state index contributed by atoms with van der Waals surface area (Å²) < 4.78 is 0.